The van der Waals surface area contributed by atoms with Gasteiger partial charge in [-0.2, -0.15) is 13.2 Å². The predicted octanol–water partition coefficient (Wildman–Crippen LogP) is 5.45. The number of nitrogens with zero attached hydrogens (tertiary/aromatic N) is 6. The van der Waals surface area contributed by atoms with Crippen molar-refractivity contribution in [2.24, 2.45) is 0 Å². The number of imidazole rings is 1. The molecular formula is C33H28F3N7O6. The number of carboxylic acid groups (broad SMARTS) is 2. The first-order chi connectivity index (χ1) is 23.1. The average Bonchev–Trinajstić information content (AvgIpc) is 3.48. The quantitative estimate of drug-likeness (QED) is 0.140. The van der Waals surface area contributed by atoms with Crippen LogP contribution < -0.4 is 10.2 Å². The van der Waals surface area contributed by atoms with Crippen LogP contribution in [-0.4, -0.2) is 63.3 Å². The van der Waals surface area contributed by atoms with Gasteiger partial charge in [0.15, 0.2) is 5.60 Å². The summed E-state index contributed by atoms with van der Waals surface area (Å²) in [5, 5.41) is 32.7. The highest BCUT2D eigenvalue weighted by Gasteiger charge is 2.43. The predicted molar refractivity (Wildman–Crippen MR) is 170 cm³/mol. The molecule has 49 heavy (non-hydrogen) atoms. The number of carbonyl (C=O) groups is 3. The molecule has 5 rings (SSSR count). The van der Waals surface area contributed by atoms with Crippen molar-refractivity contribution in [3.8, 4) is 16.9 Å². The third-order valence-corrected chi connectivity index (χ3v) is 7.37. The molecule has 0 fully saturated rings. The zero-order valence-corrected chi connectivity index (χ0v) is 25.9. The van der Waals surface area contributed by atoms with Gasteiger partial charge in [0, 0.05) is 41.7 Å². The number of halogens is 3. The lowest BCUT2D eigenvalue weighted by Gasteiger charge is -2.29. The van der Waals surface area contributed by atoms with Crippen molar-refractivity contribution in [2.45, 2.75) is 38.5 Å². The van der Waals surface area contributed by atoms with E-state index in [2.05, 4.69) is 25.3 Å². The molecule has 0 radical (unpaired) electrons. The number of alkyl halides is 3. The number of rotatable bonds is 11. The summed E-state index contributed by atoms with van der Waals surface area (Å²) in [7, 11) is 0. The Balaban J connectivity index is 1.64. The highest BCUT2D eigenvalue weighted by molar-refractivity contribution is 6.04. The lowest BCUT2D eigenvalue weighted by molar-refractivity contribution is -0.167. The molecule has 0 saturated carbocycles. The van der Waals surface area contributed by atoms with E-state index in [4.69, 9.17) is 0 Å². The van der Waals surface area contributed by atoms with E-state index in [0.717, 1.165) is 11.0 Å². The molecule has 5 aromatic rings. The van der Waals surface area contributed by atoms with Gasteiger partial charge >= 0.3 is 18.1 Å². The summed E-state index contributed by atoms with van der Waals surface area (Å²) in [5.74, 6) is -4.78. The van der Waals surface area contributed by atoms with E-state index in [1.165, 1.54) is 41.5 Å². The maximum atomic E-state index is 14.2. The summed E-state index contributed by atoms with van der Waals surface area (Å²) < 4.78 is 44.0. The molecule has 16 heteroatoms. The molecule has 0 aliphatic carbocycles. The van der Waals surface area contributed by atoms with Crippen molar-refractivity contribution in [3.05, 3.63) is 103 Å². The van der Waals surface area contributed by atoms with Crippen LogP contribution in [0.4, 0.5) is 36.2 Å². The molecule has 0 aliphatic rings. The number of carboxylic acids is 2. The second-order valence-electron chi connectivity index (χ2n) is 11.1. The maximum absolute atomic E-state index is 14.2. The van der Waals surface area contributed by atoms with E-state index >= 15 is 0 Å². The molecule has 2 aromatic carbocycles. The van der Waals surface area contributed by atoms with Crippen LogP contribution in [0.3, 0.4) is 0 Å². The fourth-order valence-electron chi connectivity index (χ4n) is 4.93. The molecule has 0 saturated heterocycles. The van der Waals surface area contributed by atoms with Gasteiger partial charge in [0.25, 0.3) is 0 Å². The van der Waals surface area contributed by atoms with E-state index in [-0.39, 0.29) is 23.0 Å². The van der Waals surface area contributed by atoms with Crippen LogP contribution >= 0.6 is 0 Å². The van der Waals surface area contributed by atoms with Crippen molar-refractivity contribution >= 4 is 40.9 Å². The fourth-order valence-corrected chi connectivity index (χ4v) is 4.93. The molecule has 0 spiro atoms. The number of aryl methyl sites for hydroxylation is 2. The van der Waals surface area contributed by atoms with E-state index in [1.807, 2.05) is 0 Å². The van der Waals surface area contributed by atoms with Crippen LogP contribution in [0.1, 0.15) is 29.7 Å². The van der Waals surface area contributed by atoms with Crippen molar-refractivity contribution in [1.29, 1.82) is 0 Å². The van der Waals surface area contributed by atoms with Gasteiger partial charge in [-0.05, 0) is 67.9 Å². The number of hydrogen-bond acceptors (Lipinski definition) is 9. The first-order valence-corrected chi connectivity index (χ1v) is 14.5. The van der Waals surface area contributed by atoms with Gasteiger partial charge in [-0.3, -0.25) is 19.5 Å². The van der Waals surface area contributed by atoms with E-state index < -0.39 is 48.0 Å². The molecule has 1 unspecified atom stereocenters. The largest absolute Gasteiger partial charge is 0.481 e. The first kappa shape index (κ1) is 34.2. The summed E-state index contributed by atoms with van der Waals surface area (Å²) in [6.45, 7) is 3.34. The Morgan fingerprint density at radius 3 is 2.35 bits per heavy atom. The molecule has 3 aromatic heterocycles. The van der Waals surface area contributed by atoms with E-state index in [0.29, 0.717) is 34.3 Å². The number of nitrogens with one attached hydrogen (secondary N) is 1. The second-order valence-corrected chi connectivity index (χ2v) is 11.1. The minimum atomic E-state index is -4.88. The average molecular weight is 676 g/mol. The molecule has 13 nitrogen and oxygen atoms in total. The van der Waals surface area contributed by atoms with Crippen LogP contribution in [-0.2, 0) is 20.6 Å². The van der Waals surface area contributed by atoms with Crippen LogP contribution in [0.15, 0.2) is 85.7 Å². The highest BCUT2D eigenvalue weighted by atomic mass is 19.4. The van der Waals surface area contributed by atoms with E-state index in [9.17, 15) is 42.9 Å². The summed E-state index contributed by atoms with van der Waals surface area (Å²) in [5.41, 5.74) is -1.98. The maximum Gasteiger partial charge on any atom is 0.416 e. The Bertz CT molecular complexity index is 2040. The third-order valence-electron chi connectivity index (χ3n) is 7.37. The molecule has 4 N–H and O–H groups in total. The topological polar surface area (TPSA) is 184 Å². The number of benzene rings is 2. The standard InChI is InChI=1S/C33H28F3N7O6/c1-19-5-6-23(13-27(19)41-31-38-9-7-26(40-31)21-4-3-8-37-16-21)43(28(44)14-32(49,30(47)48)15-29(45)46)25-11-22(33(34,35)36)10-24(12-25)42-17-20(2)39-18-42/h3-13,16-18,49H,14-15H2,1-2H3,(H,45,46)(H,47,48)(H,38,40,41). The molecule has 3 heterocycles. The number of pyridine rings is 1. The van der Waals surface area contributed by atoms with Gasteiger partial charge < -0.3 is 25.2 Å². The van der Waals surface area contributed by atoms with Crippen molar-refractivity contribution in [3.63, 3.8) is 0 Å². The van der Waals surface area contributed by atoms with Crippen LogP contribution in [0.2, 0.25) is 0 Å². The highest BCUT2D eigenvalue weighted by Crippen LogP contribution is 2.38. The minimum Gasteiger partial charge on any atom is -0.481 e. The minimum absolute atomic E-state index is 0.0339. The molecule has 0 aliphatic heterocycles. The molecule has 1 amide bonds. The van der Waals surface area contributed by atoms with Crippen molar-refractivity contribution < 1.29 is 42.9 Å². The Hall–Kier alpha value is -6.16. The molecule has 0 bridgehead atoms. The van der Waals surface area contributed by atoms with Crippen LogP contribution in [0.25, 0.3) is 16.9 Å². The number of hydrogen-bond donors (Lipinski definition) is 4. The summed E-state index contributed by atoms with van der Waals surface area (Å²) >= 11 is 0. The fraction of sp³-hybridized carbons (Fsp3) is 0.182. The normalized spacial score (nSPS) is 12.6. The summed E-state index contributed by atoms with van der Waals surface area (Å²) in [6, 6.07) is 12.4. The zero-order valence-electron chi connectivity index (χ0n) is 25.9. The van der Waals surface area contributed by atoms with Gasteiger partial charge in [0.05, 0.1) is 47.5 Å². The number of aromatic nitrogens is 5. The van der Waals surface area contributed by atoms with Gasteiger partial charge in [-0.15, -0.1) is 0 Å². The van der Waals surface area contributed by atoms with Gasteiger partial charge in [0.2, 0.25) is 11.9 Å². The second kappa shape index (κ2) is 13.5. The molecule has 1 atom stereocenters. The number of aliphatic hydroxyl groups is 1. The van der Waals surface area contributed by atoms with E-state index in [1.54, 1.807) is 50.5 Å². The third kappa shape index (κ3) is 7.87. The van der Waals surface area contributed by atoms with Gasteiger partial charge in [-0.25, -0.2) is 19.7 Å². The number of amides is 1. The summed E-state index contributed by atoms with van der Waals surface area (Å²) in [4.78, 5) is 55.1. The SMILES string of the molecule is Cc1cn(-c2cc(N(C(=O)CC(O)(CC(=O)O)C(=O)O)c3ccc(C)c(Nc4nccc(-c5cccnc5)n4)c3)cc(C(F)(F)F)c2)cn1. The number of anilines is 4. The zero-order chi connectivity index (χ0) is 35.5. The smallest absolute Gasteiger partial charge is 0.416 e. The van der Waals surface area contributed by atoms with Gasteiger partial charge in [0.1, 0.15) is 0 Å². The lowest BCUT2D eigenvalue weighted by atomic mass is 9.94. The van der Waals surface area contributed by atoms with Crippen molar-refractivity contribution in [1.82, 2.24) is 24.5 Å². The van der Waals surface area contributed by atoms with Crippen LogP contribution in [0.5, 0.6) is 0 Å². The first-order valence-electron chi connectivity index (χ1n) is 14.5. The Labute approximate surface area is 276 Å². The lowest BCUT2D eigenvalue weighted by Crippen LogP contribution is -2.45. The van der Waals surface area contributed by atoms with Crippen molar-refractivity contribution in [2.75, 3.05) is 10.2 Å². The Morgan fingerprint density at radius 2 is 1.71 bits per heavy atom. The number of carbonyl (C=O) groups excluding carboxylic acids is 1. The Kier molecular flexibility index (Phi) is 9.43. The number of aliphatic carboxylic acids is 2. The van der Waals surface area contributed by atoms with Gasteiger partial charge in [-0.1, -0.05) is 6.07 Å². The molecular weight excluding hydrogens is 647 g/mol. The summed E-state index contributed by atoms with van der Waals surface area (Å²) in [6.07, 6.45) is -0.0558. The van der Waals surface area contributed by atoms with Crippen LogP contribution in [0, 0.1) is 13.8 Å². The Morgan fingerprint density at radius 1 is 0.939 bits per heavy atom. The molecule has 252 valence electrons. The monoisotopic (exact) mass is 675 g/mol.